The lowest BCUT2D eigenvalue weighted by Crippen LogP contribution is -2.00. The lowest BCUT2D eigenvalue weighted by molar-refractivity contribution is 0.420. The molecule has 0 aliphatic heterocycles. The molecule has 0 spiro atoms. The molecule has 5 nitrogen and oxygen atoms in total. The summed E-state index contributed by atoms with van der Waals surface area (Å²) in [6, 6.07) is 7.78. The minimum absolute atomic E-state index is 0.515. The first kappa shape index (κ1) is 11.5. The van der Waals surface area contributed by atoms with Crippen molar-refractivity contribution in [2.45, 2.75) is 6.92 Å². The Morgan fingerprint density at radius 3 is 2.74 bits per heavy atom. The summed E-state index contributed by atoms with van der Waals surface area (Å²) >= 11 is 0. The Kier molecular flexibility index (Phi) is 2.59. The number of pyridine rings is 1. The van der Waals surface area contributed by atoms with Crippen LogP contribution in [0.25, 0.3) is 16.6 Å². The molecule has 96 valence electrons. The predicted octanol–water partition coefficient (Wildman–Crippen LogP) is 2.32. The number of benzene rings is 1. The summed E-state index contributed by atoms with van der Waals surface area (Å²) in [6.45, 7) is 1.92. The number of hydrogen-bond acceptors (Lipinski definition) is 4. The van der Waals surface area contributed by atoms with E-state index in [-0.39, 0.29) is 0 Å². The summed E-state index contributed by atoms with van der Waals surface area (Å²) in [5.74, 6) is 2.08. The fraction of sp³-hybridized carbons (Fsp3) is 0.143. The number of aryl methyl sites for hydroxylation is 1. The molecule has 0 aliphatic rings. The van der Waals surface area contributed by atoms with Gasteiger partial charge in [-0.05, 0) is 19.1 Å². The monoisotopic (exact) mass is 254 g/mol. The van der Waals surface area contributed by atoms with Crippen LogP contribution in [0, 0.1) is 6.92 Å². The van der Waals surface area contributed by atoms with E-state index in [1.807, 2.05) is 37.4 Å². The van der Waals surface area contributed by atoms with Crippen LogP contribution in [0.2, 0.25) is 0 Å². The molecule has 0 fully saturated rings. The molecule has 0 radical (unpaired) electrons. The summed E-state index contributed by atoms with van der Waals surface area (Å²) in [6.07, 6.45) is 3.62. The van der Waals surface area contributed by atoms with E-state index >= 15 is 0 Å². The largest absolute Gasteiger partial charge is 0.496 e. The van der Waals surface area contributed by atoms with Gasteiger partial charge in [0.25, 0.3) is 0 Å². The van der Waals surface area contributed by atoms with Crippen LogP contribution in [0.15, 0.2) is 36.7 Å². The van der Waals surface area contributed by atoms with Crippen molar-refractivity contribution >= 4 is 16.6 Å². The third kappa shape index (κ3) is 1.79. The Bertz CT molecular complexity index is 729. The number of rotatable bonds is 2. The van der Waals surface area contributed by atoms with Crippen LogP contribution in [-0.4, -0.2) is 21.9 Å². The van der Waals surface area contributed by atoms with Crippen molar-refractivity contribution in [2.24, 2.45) is 0 Å². The minimum atomic E-state index is 0.515. The second-order valence-electron chi connectivity index (χ2n) is 4.33. The molecule has 19 heavy (non-hydrogen) atoms. The SMILES string of the molecule is COc1cccc2c(-n3cc(C)c(N)n3)nccc12. The van der Waals surface area contributed by atoms with Gasteiger partial charge < -0.3 is 10.5 Å². The second kappa shape index (κ2) is 4.28. The molecule has 0 saturated carbocycles. The van der Waals surface area contributed by atoms with E-state index in [1.54, 1.807) is 18.0 Å². The van der Waals surface area contributed by atoms with E-state index in [0.717, 1.165) is 27.9 Å². The number of hydrogen-bond donors (Lipinski definition) is 1. The Hall–Kier alpha value is -2.56. The van der Waals surface area contributed by atoms with Crippen molar-refractivity contribution in [1.29, 1.82) is 0 Å². The highest BCUT2D eigenvalue weighted by Gasteiger charge is 2.10. The Morgan fingerprint density at radius 1 is 1.21 bits per heavy atom. The molecular formula is C14H14N4O. The number of aromatic nitrogens is 3. The van der Waals surface area contributed by atoms with Gasteiger partial charge in [0.2, 0.25) is 0 Å². The van der Waals surface area contributed by atoms with Crippen LogP contribution in [0.1, 0.15) is 5.56 Å². The third-order valence-electron chi connectivity index (χ3n) is 3.12. The molecule has 0 amide bonds. The molecule has 3 aromatic rings. The number of nitrogens with two attached hydrogens (primary N) is 1. The third-order valence-corrected chi connectivity index (χ3v) is 3.12. The Labute approximate surface area is 110 Å². The number of anilines is 1. The van der Waals surface area contributed by atoms with Crippen molar-refractivity contribution < 1.29 is 4.74 Å². The normalized spacial score (nSPS) is 10.8. The van der Waals surface area contributed by atoms with Gasteiger partial charge in [-0.3, -0.25) is 0 Å². The minimum Gasteiger partial charge on any atom is -0.496 e. The van der Waals surface area contributed by atoms with E-state index < -0.39 is 0 Å². The van der Waals surface area contributed by atoms with E-state index in [2.05, 4.69) is 10.1 Å². The highest BCUT2D eigenvalue weighted by atomic mass is 16.5. The van der Waals surface area contributed by atoms with E-state index in [0.29, 0.717) is 5.82 Å². The first-order chi connectivity index (χ1) is 9.20. The van der Waals surface area contributed by atoms with Gasteiger partial charge in [0.1, 0.15) is 11.6 Å². The molecular weight excluding hydrogens is 240 g/mol. The van der Waals surface area contributed by atoms with Gasteiger partial charge in [-0.25, -0.2) is 9.67 Å². The maximum Gasteiger partial charge on any atom is 0.161 e. The van der Waals surface area contributed by atoms with Crippen LogP contribution < -0.4 is 10.5 Å². The zero-order chi connectivity index (χ0) is 13.4. The van der Waals surface area contributed by atoms with E-state index in [1.165, 1.54) is 0 Å². The molecule has 1 aromatic carbocycles. The fourth-order valence-corrected chi connectivity index (χ4v) is 2.11. The number of fused-ring (bicyclic) bond motifs is 1. The van der Waals surface area contributed by atoms with Crippen LogP contribution in [0.5, 0.6) is 5.75 Å². The number of ether oxygens (including phenoxy) is 1. The number of nitrogen functional groups attached to an aromatic ring is 1. The lowest BCUT2D eigenvalue weighted by Gasteiger charge is -2.08. The summed E-state index contributed by atoms with van der Waals surface area (Å²) in [5.41, 5.74) is 6.73. The van der Waals surface area contributed by atoms with Crippen molar-refractivity contribution in [2.75, 3.05) is 12.8 Å². The van der Waals surface area contributed by atoms with E-state index in [4.69, 9.17) is 10.5 Å². The van der Waals surface area contributed by atoms with Gasteiger partial charge in [0.05, 0.1) is 7.11 Å². The summed E-state index contributed by atoms with van der Waals surface area (Å²) in [5, 5.41) is 6.26. The van der Waals surface area contributed by atoms with Crippen molar-refractivity contribution in [3.8, 4) is 11.6 Å². The van der Waals surface area contributed by atoms with Crippen LogP contribution in [-0.2, 0) is 0 Å². The lowest BCUT2D eigenvalue weighted by atomic mass is 10.1. The Morgan fingerprint density at radius 2 is 2.05 bits per heavy atom. The molecule has 0 bridgehead atoms. The molecule has 0 aliphatic carbocycles. The Balaban J connectivity index is 2.30. The standard InChI is InChI=1S/C14H14N4O/c1-9-8-18(17-13(9)15)14-11-4-3-5-12(19-2)10(11)6-7-16-14/h3-8H,1-2H3,(H2,15,17). The molecule has 5 heteroatoms. The molecule has 3 rings (SSSR count). The van der Waals surface area contributed by atoms with Gasteiger partial charge in [0, 0.05) is 28.7 Å². The van der Waals surface area contributed by atoms with Gasteiger partial charge in [-0.2, -0.15) is 0 Å². The first-order valence-electron chi connectivity index (χ1n) is 5.94. The van der Waals surface area contributed by atoms with Gasteiger partial charge in [0.15, 0.2) is 5.82 Å². The summed E-state index contributed by atoms with van der Waals surface area (Å²) in [4.78, 5) is 4.40. The van der Waals surface area contributed by atoms with Crippen LogP contribution in [0.4, 0.5) is 5.82 Å². The molecule has 2 heterocycles. The maximum atomic E-state index is 5.79. The maximum absolute atomic E-state index is 5.79. The van der Waals surface area contributed by atoms with Crippen molar-refractivity contribution in [3.63, 3.8) is 0 Å². The van der Waals surface area contributed by atoms with E-state index in [9.17, 15) is 0 Å². The van der Waals surface area contributed by atoms with Crippen LogP contribution >= 0.6 is 0 Å². The second-order valence-corrected chi connectivity index (χ2v) is 4.33. The quantitative estimate of drug-likeness (QED) is 0.762. The highest BCUT2D eigenvalue weighted by Crippen LogP contribution is 2.28. The highest BCUT2D eigenvalue weighted by molar-refractivity contribution is 5.93. The smallest absolute Gasteiger partial charge is 0.161 e. The molecule has 2 N–H and O–H groups in total. The number of methoxy groups -OCH3 is 1. The topological polar surface area (TPSA) is 66.0 Å². The molecule has 0 unspecified atom stereocenters. The van der Waals surface area contributed by atoms with Crippen LogP contribution in [0.3, 0.4) is 0 Å². The predicted molar refractivity (Wildman–Crippen MR) is 74.6 cm³/mol. The fourth-order valence-electron chi connectivity index (χ4n) is 2.11. The average Bonchev–Trinajstić information content (AvgIpc) is 2.77. The van der Waals surface area contributed by atoms with Gasteiger partial charge >= 0.3 is 0 Å². The molecule has 0 atom stereocenters. The summed E-state index contributed by atoms with van der Waals surface area (Å²) < 4.78 is 7.07. The molecule has 0 saturated heterocycles. The zero-order valence-electron chi connectivity index (χ0n) is 10.8. The summed E-state index contributed by atoms with van der Waals surface area (Å²) in [7, 11) is 1.66. The van der Waals surface area contributed by atoms with Gasteiger partial charge in [-0.1, -0.05) is 12.1 Å². The zero-order valence-corrected chi connectivity index (χ0v) is 10.8. The van der Waals surface area contributed by atoms with Crippen molar-refractivity contribution in [3.05, 3.63) is 42.2 Å². The number of nitrogens with zero attached hydrogens (tertiary/aromatic N) is 3. The molecule has 2 aromatic heterocycles. The van der Waals surface area contributed by atoms with Gasteiger partial charge in [-0.15, -0.1) is 5.10 Å². The van der Waals surface area contributed by atoms with Crippen molar-refractivity contribution in [1.82, 2.24) is 14.8 Å². The first-order valence-corrected chi connectivity index (χ1v) is 5.94. The average molecular weight is 254 g/mol.